The van der Waals surface area contributed by atoms with Gasteiger partial charge in [0.1, 0.15) is 11.8 Å². The molecule has 7 heteroatoms. The lowest BCUT2D eigenvalue weighted by molar-refractivity contribution is -0.385. The monoisotopic (exact) mass is 308 g/mol. The summed E-state index contributed by atoms with van der Waals surface area (Å²) in [4.78, 5) is 10.3. The number of benzene rings is 2. The van der Waals surface area contributed by atoms with E-state index in [0.717, 1.165) is 0 Å². The molecule has 2 rings (SSSR count). The van der Waals surface area contributed by atoms with Gasteiger partial charge in [-0.15, -0.1) is 0 Å². The van der Waals surface area contributed by atoms with Crippen LogP contribution in [0.2, 0.25) is 10.0 Å². The van der Waals surface area contributed by atoms with Crippen LogP contribution in [0, 0.1) is 21.4 Å². The average Bonchev–Trinajstić information content (AvgIpc) is 2.40. The molecule has 0 N–H and O–H groups in total. The lowest BCUT2D eigenvalue weighted by Crippen LogP contribution is -1.94. The highest BCUT2D eigenvalue weighted by Crippen LogP contribution is 2.35. The summed E-state index contributed by atoms with van der Waals surface area (Å²) in [5.41, 5.74) is -0.0694. The normalized spacial score (nSPS) is 9.85. The smallest absolute Gasteiger partial charge is 0.311 e. The minimum Gasteiger partial charge on any atom is -0.449 e. The summed E-state index contributed by atoms with van der Waals surface area (Å²) in [5, 5.41) is 20.6. The molecule has 0 saturated heterocycles. The van der Waals surface area contributed by atoms with Crippen molar-refractivity contribution in [2.24, 2.45) is 0 Å². The molecule has 5 nitrogen and oxygen atoms in total. The Kier molecular flexibility index (Phi) is 4.08. The highest BCUT2D eigenvalue weighted by molar-refractivity contribution is 6.31. The van der Waals surface area contributed by atoms with Crippen LogP contribution in [0.15, 0.2) is 36.4 Å². The van der Waals surface area contributed by atoms with Gasteiger partial charge in [0.25, 0.3) is 0 Å². The van der Waals surface area contributed by atoms with Crippen molar-refractivity contribution in [3.63, 3.8) is 0 Å². The maximum Gasteiger partial charge on any atom is 0.311 e. The van der Waals surface area contributed by atoms with Crippen LogP contribution in [-0.2, 0) is 0 Å². The Balaban J connectivity index is 2.47. The summed E-state index contributed by atoms with van der Waals surface area (Å²) in [6, 6.07) is 10.2. The molecule has 0 amide bonds. The Morgan fingerprint density at radius 2 is 1.75 bits per heavy atom. The van der Waals surface area contributed by atoms with Gasteiger partial charge in [0.15, 0.2) is 0 Å². The van der Waals surface area contributed by atoms with Gasteiger partial charge >= 0.3 is 5.69 Å². The Morgan fingerprint density at radius 1 is 1.10 bits per heavy atom. The van der Waals surface area contributed by atoms with Crippen molar-refractivity contribution in [1.29, 1.82) is 5.26 Å². The van der Waals surface area contributed by atoms with Gasteiger partial charge in [0, 0.05) is 22.2 Å². The number of rotatable bonds is 3. The van der Waals surface area contributed by atoms with Crippen LogP contribution in [0.4, 0.5) is 5.69 Å². The molecule has 0 atom stereocenters. The molecule has 0 spiro atoms. The number of nitro benzene ring substituents is 1. The largest absolute Gasteiger partial charge is 0.449 e. The van der Waals surface area contributed by atoms with Crippen molar-refractivity contribution in [3.8, 4) is 17.6 Å². The number of nitrogens with zero attached hydrogens (tertiary/aromatic N) is 2. The fraction of sp³-hybridized carbons (Fsp3) is 0. The molecule has 0 aliphatic rings. The predicted octanol–water partition coefficient (Wildman–Crippen LogP) is 4.57. The van der Waals surface area contributed by atoms with Crippen molar-refractivity contribution in [2.75, 3.05) is 0 Å². The van der Waals surface area contributed by atoms with Crippen molar-refractivity contribution >= 4 is 28.9 Å². The van der Waals surface area contributed by atoms with Crippen molar-refractivity contribution in [3.05, 3.63) is 62.1 Å². The Morgan fingerprint density at radius 3 is 2.40 bits per heavy atom. The van der Waals surface area contributed by atoms with Gasteiger partial charge in [0.2, 0.25) is 5.75 Å². The number of halogens is 2. The molecule has 20 heavy (non-hydrogen) atoms. The van der Waals surface area contributed by atoms with E-state index in [-0.39, 0.29) is 27.8 Å². The van der Waals surface area contributed by atoms with Gasteiger partial charge in [0.05, 0.1) is 10.5 Å². The topological polar surface area (TPSA) is 76.2 Å². The lowest BCUT2D eigenvalue weighted by atomic mass is 10.2. The summed E-state index contributed by atoms with van der Waals surface area (Å²) < 4.78 is 5.42. The van der Waals surface area contributed by atoms with E-state index in [1.54, 1.807) is 0 Å². The second-order valence-electron chi connectivity index (χ2n) is 3.72. The average molecular weight is 309 g/mol. The van der Waals surface area contributed by atoms with Crippen LogP contribution in [0.5, 0.6) is 11.5 Å². The standard InChI is InChI=1S/C13H6Cl2N2O3/c14-9-2-4-12(8(5-9)7-16)20-13-6-10(15)1-3-11(13)17(18)19/h1-6H. The molecule has 0 aromatic heterocycles. The van der Waals surface area contributed by atoms with Gasteiger partial charge in [-0.2, -0.15) is 5.26 Å². The SMILES string of the molecule is N#Cc1cc(Cl)ccc1Oc1cc(Cl)ccc1[N+](=O)[O-]. The Hall–Kier alpha value is -2.29. The van der Waals surface area contributed by atoms with Crippen molar-refractivity contribution in [2.45, 2.75) is 0 Å². The van der Waals surface area contributed by atoms with Crippen LogP contribution in [0.25, 0.3) is 0 Å². The summed E-state index contributed by atoms with van der Waals surface area (Å²) in [5.74, 6) is 0.128. The minimum atomic E-state index is -0.590. The Labute approximate surface area is 124 Å². The van der Waals surface area contributed by atoms with Crippen molar-refractivity contribution < 1.29 is 9.66 Å². The third-order valence-electron chi connectivity index (χ3n) is 2.40. The molecule has 0 aliphatic heterocycles. The lowest BCUT2D eigenvalue weighted by Gasteiger charge is -2.08. The van der Waals surface area contributed by atoms with Crippen LogP contribution in [0.1, 0.15) is 5.56 Å². The Bertz CT molecular complexity index is 726. The summed E-state index contributed by atoms with van der Waals surface area (Å²) in [7, 11) is 0. The van der Waals surface area contributed by atoms with Gasteiger partial charge in [-0.25, -0.2) is 0 Å². The highest BCUT2D eigenvalue weighted by atomic mass is 35.5. The molecule has 2 aromatic rings. The zero-order chi connectivity index (χ0) is 14.7. The molecule has 0 fully saturated rings. The van der Waals surface area contributed by atoms with Gasteiger partial charge in [-0.1, -0.05) is 23.2 Å². The van der Waals surface area contributed by atoms with E-state index < -0.39 is 4.92 Å². The number of hydrogen-bond acceptors (Lipinski definition) is 4. The van der Waals surface area contributed by atoms with E-state index in [0.29, 0.717) is 5.02 Å². The third kappa shape index (κ3) is 2.99. The second kappa shape index (κ2) is 5.78. The number of nitriles is 1. The first kappa shape index (κ1) is 14.1. The first-order valence-electron chi connectivity index (χ1n) is 5.32. The zero-order valence-electron chi connectivity index (χ0n) is 9.84. The van der Waals surface area contributed by atoms with E-state index in [1.807, 2.05) is 6.07 Å². The third-order valence-corrected chi connectivity index (χ3v) is 2.87. The molecule has 100 valence electrons. The van der Waals surface area contributed by atoms with Crippen molar-refractivity contribution in [1.82, 2.24) is 0 Å². The van der Waals surface area contributed by atoms with Gasteiger partial charge < -0.3 is 4.74 Å². The minimum absolute atomic E-state index is 0.0404. The summed E-state index contributed by atoms with van der Waals surface area (Å²) in [6.07, 6.45) is 0. The molecular weight excluding hydrogens is 303 g/mol. The number of ether oxygens (including phenoxy) is 1. The fourth-order valence-electron chi connectivity index (χ4n) is 1.52. The molecule has 0 saturated carbocycles. The van der Waals surface area contributed by atoms with E-state index in [9.17, 15) is 10.1 Å². The van der Waals surface area contributed by atoms with Crippen LogP contribution in [0.3, 0.4) is 0 Å². The molecule has 2 aromatic carbocycles. The van der Waals surface area contributed by atoms with E-state index >= 15 is 0 Å². The number of hydrogen-bond donors (Lipinski definition) is 0. The van der Waals surface area contributed by atoms with Gasteiger partial charge in [-0.05, 0) is 24.3 Å². The van der Waals surface area contributed by atoms with Gasteiger partial charge in [-0.3, -0.25) is 10.1 Å². The van der Waals surface area contributed by atoms with Crippen LogP contribution < -0.4 is 4.74 Å². The fourth-order valence-corrected chi connectivity index (χ4v) is 1.85. The highest BCUT2D eigenvalue weighted by Gasteiger charge is 2.17. The second-order valence-corrected chi connectivity index (χ2v) is 4.60. The maximum absolute atomic E-state index is 10.9. The molecular formula is C13H6Cl2N2O3. The number of nitro groups is 1. The first-order chi connectivity index (χ1) is 9.51. The maximum atomic E-state index is 10.9. The molecule has 0 bridgehead atoms. The molecule has 0 heterocycles. The first-order valence-corrected chi connectivity index (χ1v) is 6.08. The predicted molar refractivity (Wildman–Crippen MR) is 74.3 cm³/mol. The molecule has 0 radical (unpaired) electrons. The molecule has 0 aliphatic carbocycles. The zero-order valence-corrected chi connectivity index (χ0v) is 11.4. The van der Waals surface area contributed by atoms with E-state index in [2.05, 4.69) is 0 Å². The van der Waals surface area contributed by atoms with E-state index in [1.165, 1.54) is 36.4 Å². The molecule has 0 unspecified atom stereocenters. The van der Waals surface area contributed by atoms with Crippen LogP contribution >= 0.6 is 23.2 Å². The quantitative estimate of drug-likeness (QED) is 0.615. The van der Waals surface area contributed by atoms with E-state index in [4.69, 9.17) is 33.2 Å². The van der Waals surface area contributed by atoms with Crippen LogP contribution in [-0.4, -0.2) is 4.92 Å². The summed E-state index contributed by atoms with van der Waals surface area (Å²) >= 11 is 11.6. The summed E-state index contributed by atoms with van der Waals surface area (Å²) in [6.45, 7) is 0.